The Morgan fingerprint density at radius 3 is 2.42 bits per heavy atom. The number of rotatable bonds is 6. The fraction of sp³-hybridized carbons (Fsp3) is 0.857. The molecule has 19 heavy (non-hydrogen) atoms. The second-order valence-corrected chi connectivity index (χ2v) is 5.91. The van der Waals surface area contributed by atoms with E-state index in [-0.39, 0.29) is 17.9 Å². The quantitative estimate of drug-likeness (QED) is 0.756. The van der Waals surface area contributed by atoms with Gasteiger partial charge in [0.05, 0.1) is 5.41 Å². The van der Waals surface area contributed by atoms with Gasteiger partial charge in [0.15, 0.2) is 0 Å². The number of carbonyl (C=O) groups excluding carboxylic acids is 1. The zero-order chi connectivity index (χ0) is 13.9. The highest BCUT2D eigenvalue weighted by Crippen LogP contribution is 2.37. The lowest BCUT2D eigenvalue weighted by atomic mass is 9.75. The Morgan fingerprint density at radius 2 is 1.95 bits per heavy atom. The van der Waals surface area contributed by atoms with Crippen LogP contribution in [-0.4, -0.2) is 48.1 Å². The van der Waals surface area contributed by atoms with Crippen LogP contribution in [0.2, 0.25) is 0 Å². The van der Waals surface area contributed by atoms with Gasteiger partial charge in [-0.3, -0.25) is 9.59 Å². The predicted octanol–water partition coefficient (Wildman–Crippen LogP) is 1.09. The average molecular weight is 268 g/mol. The third-order valence-electron chi connectivity index (χ3n) is 4.48. The highest BCUT2D eigenvalue weighted by atomic mass is 16.4. The molecule has 1 amide bonds. The molecule has 108 valence electrons. The van der Waals surface area contributed by atoms with Gasteiger partial charge < -0.3 is 15.3 Å². The van der Waals surface area contributed by atoms with Crippen LogP contribution in [0.15, 0.2) is 0 Å². The monoisotopic (exact) mass is 268 g/mol. The van der Waals surface area contributed by atoms with Gasteiger partial charge in [0, 0.05) is 6.54 Å². The van der Waals surface area contributed by atoms with Crippen LogP contribution in [0.4, 0.5) is 0 Å². The summed E-state index contributed by atoms with van der Waals surface area (Å²) in [5.41, 5.74) is -0.338. The standard InChI is InChI=1S/C14H24N2O3/c1-2-14(5-7-15-8-6-14)13(19)16(10-12(17)18)9-11-3-4-11/h11,15H,2-10H2,1H3,(H,17,18). The van der Waals surface area contributed by atoms with E-state index in [1.165, 1.54) is 0 Å². The lowest BCUT2D eigenvalue weighted by Crippen LogP contribution is -2.50. The fourth-order valence-electron chi connectivity index (χ4n) is 2.95. The lowest BCUT2D eigenvalue weighted by Gasteiger charge is -2.39. The van der Waals surface area contributed by atoms with Crippen molar-refractivity contribution in [2.24, 2.45) is 11.3 Å². The molecule has 2 rings (SSSR count). The Morgan fingerprint density at radius 1 is 1.32 bits per heavy atom. The lowest BCUT2D eigenvalue weighted by molar-refractivity contribution is -0.151. The van der Waals surface area contributed by atoms with E-state index in [0.29, 0.717) is 12.5 Å². The molecule has 1 heterocycles. The van der Waals surface area contributed by atoms with Crippen LogP contribution >= 0.6 is 0 Å². The number of carboxylic acids is 1. The maximum absolute atomic E-state index is 12.8. The van der Waals surface area contributed by atoms with Crippen molar-refractivity contribution in [3.8, 4) is 0 Å². The van der Waals surface area contributed by atoms with Crippen LogP contribution in [0.5, 0.6) is 0 Å². The molecule has 1 aliphatic carbocycles. The fourth-order valence-corrected chi connectivity index (χ4v) is 2.95. The molecular weight excluding hydrogens is 244 g/mol. The van der Waals surface area contributed by atoms with Crippen molar-refractivity contribution in [2.75, 3.05) is 26.2 Å². The second-order valence-electron chi connectivity index (χ2n) is 5.91. The molecule has 1 saturated heterocycles. The van der Waals surface area contributed by atoms with Gasteiger partial charge in [0.25, 0.3) is 0 Å². The van der Waals surface area contributed by atoms with E-state index in [1.807, 2.05) is 6.92 Å². The third-order valence-corrected chi connectivity index (χ3v) is 4.48. The Kier molecular flexibility index (Phi) is 4.45. The van der Waals surface area contributed by atoms with Crippen molar-refractivity contribution in [1.29, 1.82) is 0 Å². The molecule has 0 radical (unpaired) electrons. The first-order valence-corrected chi connectivity index (χ1v) is 7.29. The van der Waals surface area contributed by atoms with Gasteiger partial charge in [-0.2, -0.15) is 0 Å². The number of carboxylic acid groups (broad SMARTS) is 1. The Balaban J connectivity index is 2.08. The topological polar surface area (TPSA) is 69.6 Å². The first kappa shape index (κ1) is 14.3. The highest BCUT2D eigenvalue weighted by Gasteiger charge is 2.42. The van der Waals surface area contributed by atoms with Crippen LogP contribution in [-0.2, 0) is 9.59 Å². The minimum atomic E-state index is -0.908. The zero-order valence-electron chi connectivity index (χ0n) is 11.7. The minimum Gasteiger partial charge on any atom is -0.480 e. The SMILES string of the molecule is CCC1(C(=O)N(CC(=O)O)CC2CC2)CCNCC1. The van der Waals surface area contributed by atoms with Crippen LogP contribution in [0.25, 0.3) is 0 Å². The van der Waals surface area contributed by atoms with Crippen LogP contribution in [0.3, 0.4) is 0 Å². The predicted molar refractivity (Wildman–Crippen MR) is 71.8 cm³/mol. The second kappa shape index (κ2) is 5.90. The molecule has 5 heteroatoms. The number of piperidine rings is 1. The summed E-state index contributed by atoms with van der Waals surface area (Å²) in [7, 11) is 0. The highest BCUT2D eigenvalue weighted by molar-refractivity contribution is 5.86. The number of nitrogens with one attached hydrogen (secondary N) is 1. The zero-order valence-corrected chi connectivity index (χ0v) is 11.7. The smallest absolute Gasteiger partial charge is 0.323 e. The summed E-state index contributed by atoms with van der Waals surface area (Å²) in [6.07, 6.45) is 4.70. The third kappa shape index (κ3) is 3.47. The number of hydrogen-bond donors (Lipinski definition) is 2. The largest absolute Gasteiger partial charge is 0.480 e. The van der Waals surface area contributed by atoms with Gasteiger partial charge >= 0.3 is 5.97 Å². The molecule has 0 spiro atoms. The molecule has 0 bridgehead atoms. The van der Waals surface area contributed by atoms with Gasteiger partial charge in [0.2, 0.25) is 5.91 Å². The van der Waals surface area contributed by atoms with Gasteiger partial charge in [-0.15, -0.1) is 0 Å². The van der Waals surface area contributed by atoms with Crippen molar-refractivity contribution in [1.82, 2.24) is 10.2 Å². The first-order chi connectivity index (χ1) is 9.07. The normalized spacial score (nSPS) is 21.9. The van der Waals surface area contributed by atoms with Gasteiger partial charge in [-0.25, -0.2) is 0 Å². The number of hydrogen-bond acceptors (Lipinski definition) is 3. The summed E-state index contributed by atoms with van der Waals surface area (Å²) in [5.74, 6) is -0.320. The molecule has 0 aromatic rings. The van der Waals surface area contributed by atoms with Gasteiger partial charge in [-0.1, -0.05) is 6.92 Å². The Bertz CT molecular complexity index is 347. The van der Waals surface area contributed by atoms with E-state index in [9.17, 15) is 9.59 Å². The molecule has 2 aliphatic rings. The van der Waals surface area contributed by atoms with Crippen molar-refractivity contribution < 1.29 is 14.7 Å². The van der Waals surface area contributed by atoms with E-state index < -0.39 is 5.97 Å². The molecule has 1 aliphatic heterocycles. The first-order valence-electron chi connectivity index (χ1n) is 7.29. The minimum absolute atomic E-state index is 0.0609. The van der Waals surface area contributed by atoms with E-state index in [4.69, 9.17) is 5.11 Å². The molecule has 0 unspecified atom stereocenters. The van der Waals surface area contributed by atoms with Crippen molar-refractivity contribution in [3.05, 3.63) is 0 Å². The summed E-state index contributed by atoms with van der Waals surface area (Å²) >= 11 is 0. The van der Waals surface area contributed by atoms with E-state index >= 15 is 0 Å². The van der Waals surface area contributed by atoms with Gasteiger partial charge in [0.1, 0.15) is 6.54 Å². The molecule has 2 N–H and O–H groups in total. The van der Waals surface area contributed by atoms with Crippen LogP contribution < -0.4 is 5.32 Å². The molecule has 0 aromatic carbocycles. The summed E-state index contributed by atoms with van der Waals surface area (Å²) in [5, 5.41) is 12.3. The van der Waals surface area contributed by atoms with E-state index in [0.717, 1.165) is 45.2 Å². The summed E-state index contributed by atoms with van der Waals surface area (Å²) in [6.45, 7) is 4.22. The summed E-state index contributed by atoms with van der Waals surface area (Å²) in [6, 6.07) is 0. The van der Waals surface area contributed by atoms with Crippen LogP contribution in [0.1, 0.15) is 39.0 Å². The van der Waals surface area contributed by atoms with E-state index in [1.54, 1.807) is 4.90 Å². The molecule has 5 nitrogen and oxygen atoms in total. The maximum atomic E-state index is 12.8. The molecule has 1 saturated carbocycles. The Hall–Kier alpha value is -1.10. The van der Waals surface area contributed by atoms with Crippen molar-refractivity contribution in [3.63, 3.8) is 0 Å². The molecule has 0 atom stereocenters. The van der Waals surface area contributed by atoms with Crippen LogP contribution in [0, 0.1) is 11.3 Å². The number of amides is 1. The van der Waals surface area contributed by atoms with E-state index in [2.05, 4.69) is 5.32 Å². The molecular formula is C14H24N2O3. The molecule has 2 fully saturated rings. The number of aliphatic carboxylic acids is 1. The summed E-state index contributed by atoms with van der Waals surface area (Å²) < 4.78 is 0. The molecule has 0 aromatic heterocycles. The van der Waals surface area contributed by atoms with Crippen molar-refractivity contribution >= 4 is 11.9 Å². The number of carbonyl (C=O) groups is 2. The van der Waals surface area contributed by atoms with Gasteiger partial charge in [-0.05, 0) is 51.1 Å². The van der Waals surface area contributed by atoms with Crippen molar-refractivity contribution in [2.45, 2.75) is 39.0 Å². The average Bonchev–Trinajstić information content (AvgIpc) is 3.21. The maximum Gasteiger partial charge on any atom is 0.323 e. The number of nitrogens with zero attached hydrogens (tertiary/aromatic N) is 1. The summed E-state index contributed by atoms with van der Waals surface area (Å²) in [4.78, 5) is 25.4. The Labute approximate surface area is 114 Å².